The Kier molecular flexibility index (Phi) is 6.73. The zero-order valence-electron chi connectivity index (χ0n) is 17.2. The van der Waals surface area contributed by atoms with Gasteiger partial charge < -0.3 is 35.8 Å². The summed E-state index contributed by atoms with van der Waals surface area (Å²) >= 11 is 0. The second-order valence-corrected chi connectivity index (χ2v) is 7.70. The minimum absolute atomic E-state index is 0.131. The van der Waals surface area contributed by atoms with Gasteiger partial charge in [0.2, 0.25) is 5.91 Å². The molecular weight excluding hydrogens is 404 g/mol. The van der Waals surface area contributed by atoms with E-state index in [4.69, 9.17) is 10.5 Å². The van der Waals surface area contributed by atoms with Gasteiger partial charge in [-0.15, -0.1) is 0 Å². The lowest BCUT2D eigenvalue weighted by molar-refractivity contribution is -0.231. The summed E-state index contributed by atoms with van der Waals surface area (Å²) < 4.78 is 5.70. The van der Waals surface area contributed by atoms with Crippen molar-refractivity contribution in [3.8, 4) is 11.1 Å². The summed E-state index contributed by atoms with van der Waals surface area (Å²) in [6.45, 7) is -0.553. The van der Waals surface area contributed by atoms with Crippen molar-refractivity contribution in [1.82, 2.24) is 4.90 Å². The van der Waals surface area contributed by atoms with Crippen molar-refractivity contribution < 1.29 is 34.8 Å². The number of aliphatic hydroxyl groups excluding tert-OH is 4. The topological polar surface area (TPSA) is 154 Å². The molecule has 2 aromatic carbocycles. The van der Waals surface area contributed by atoms with Gasteiger partial charge >= 0.3 is 0 Å². The summed E-state index contributed by atoms with van der Waals surface area (Å²) in [5.41, 5.74) is 7.30. The number of carbonyl (C=O) groups is 2. The molecule has 5 atom stereocenters. The summed E-state index contributed by atoms with van der Waals surface area (Å²) in [5.74, 6) is -1.03. The van der Waals surface area contributed by atoms with Crippen LogP contribution in [0.5, 0.6) is 0 Å². The molecule has 2 aromatic rings. The molecule has 9 heteroatoms. The number of rotatable bonds is 5. The Hall–Kier alpha value is -2.82. The van der Waals surface area contributed by atoms with Crippen LogP contribution in [0.15, 0.2) is 42.5 Å². The Morgan fingerprint density at radius 1 is 1.00 bits per heavy atom. The predicted molar refractivity (Wildman–Crippen MR) is 111 cm³/mol. The lowest BCUT2D eigenvalue weighted by Crippen LogP contribution is -2.55. The molecule has 166 valence electrons. The van der Waals surface area contributed by atoms with E-state index in [2.05, 4.69) is 0 Å². The highest BCUT2D eigenvalue weighted by Gasteiger charge is 2.44. The number of aliphatic hydroxyl groups is 4. The molecule has 0 saturated carbocycles. The molecule has 6 N–H and O–H groups in total. The lowest BCUT2D eigenvalue weighted by Gasteiger charge is -2.40. The number of nitrogens with two attached hydrogens (primary N) is 1. The van der Waals surface area contributed by atoms with Crippen LogP contribution in [-0.4, -0.2) is 82.3 Å². The highest BCUT2D eigenvalue weighted by molar-refractivity contribution is 6.01. The van der Waals surface area contributed by atoms with Gasteiger partial charge in [0.15, 0.2) is 0 Å². The third-order valence-corrected chi connectivity index (χ3v) is 5.34. The fourth-order valence-electron chi connectivity index (χ4n) is 3.67. The van der Waals surface area contributed by atoms with Crippen LogP contribution < -0.4 is 5.73 Å². The van der Waals surface area contributed by atoms with E-state index in [-0.39, 0.29) is 17.0 Å². The SMILES string of the molecule is CN(C)C(=O)c1cc(C(N)=O)cc(-c2ccccc2[C@H]2O[C@H](CO)[C@@H](O)[C@H](O)[C@@H]2O)c1. The van der Waals surface area contributed by atoms with Crippen LogP contribution in [0.4, 0.5) is 0 Å². The molecule has 0 aromatic heterocycles. The number of hydrogen-bond acceptors (Lipinski definition) is 7. The largest absolute Gasteiger partial charge is 0.394 e. The van der Waals surface area contributed by atoms with E-state index < -0.39 is 43.0 Å². The van der Waals surface area contributed by atoms with Crippen LogP contribution in [0.25, 0.3) is 11.1 Å². The molecular formula is C22H26N2O7. The molecule has 1 fully saturated rings. The highest BCUT2D eigenvalue weighted by atomic mass is 16.5. The number of benzene rings is 2. The second-order valence-electron chi connectivity index (χ2n) is 7.70. The summed E-state index contributed by atoms with van der Waals surface area (Å²) in [5, 5.41) is 40.3. The van der Waals surface area contributed by atoms with Crippen LogP contribution in [0.1, 0.15) is 32.4 Å². The van der Waals surface area contributed by atoms with E-state index >= 15 is 0 Å². The van der Waals surface area contributed by atoms with Crippen LogP contribution in [0.3, 0.4) is 0 Å². The van der Waals surface area contributed by atoms with Crippen molar-refractivity contribution in [2.75, 3.05) is 20.7 Å². The molecule has 0 bridgehead atoms. The Bertz CT molecular complexity index is 976. The predicted octanol–water partition coefficient (Wildman–Crippen LogP) is -0.331. The van der Waals surface area contributed by atoms with Gasteiger partial charge in [0.1, 0.15) is 30.5 Å². The third kappa shape index (κ3) is 4.46. The van der Waals surface area contributed by atoms with E-state index in [9.17, 15) is 30.0 Å². The summed E-state index contributed by atoms with van der Waals surface area (Å²) in [4.78, 5) is 25.8. The third-order valence-electron chi connectivity index (χ3n) is 5.34. The first kappa shape index (κ1) is 22.9. The van der Waals surface area contributed by atoms with Crippen molar-refractivity contribution >= 4 is 11.8 Å². The van der Waals surface area contributed by atoms with Crippen molar-refractivity contribution in [2.24, 2.45) is 5.73 Å². The summed E-state index contributed by atoms with van der Waals surface area (Å²) in [7, 11) is 3.17. The standard InChI is InChI=1S/C22H26N2O7/c1-24(2)22(30)13-8-11(7-12(9-13)21(23)29)14-5-3-4-6-15(14)20-19(28)18(27)17(26)16(10-25)31-20/h3-9,16-20,25-28H,10H2,1-2H3,(H2,23,29)/t16-,17-,18+,19+,20-/m1/s1. The first-order valence-corrected chi connectivity index (χ1v) is 9.72. The Morgan fingerprint density at radius 2 is 1.65 bits per heavy atom. The number of nitrogens with zero attached hydrogens (tertiary/aromatic N) is 1. The number of amides is 2. The van der Waals surface area contributed by atoms with E-state index in [0.717, 1.165) is 0 Å². The van der Waals surface area contributed by atoms with Gasteiger partial charge in [-0.1, -0.05) is 24.3 Å². The minimum atomic E-state index is -1.54. The van der Waals surface area contributed by atoms with E-state index in [1.807, 2.05) is 0 Å². The van der Waals surface area contributed by atoms with Gasteiger partial charge in [0.05, 0.1) is 6.61 Å². The zero-order chi connectivity index (χ0) is 22.9. The fourth-order valence-corrected chi connectivity index (χ4v) is 3.67. The molecule has 31 heavy (non-hydrogen) atoms. The first-order valence-electron chi connectivity index (χ1n) is 9.72. The normalized spacial score (nSPS) is 25.8. The van der Waals surface area contributed by atoms with E-state index in [0.29, 0.717) is 16.7 Å². The van der Waals surface area contributed by atoms with Gasteiger partial charge in [0, 0.05) is 25.2 Å². The van der Waals surface area contributed by atoms with E-state index in [1.54, 1.807) is 44.4 Å². The summed E-state index contributed by atoms with van der Waals surface area (Å²) in [6.07, 6.45) is -6.63. The zero-order valence-corrected chi connectivity index (χ0v) is 17.2. The molecule has 0 unspecified atom stereocenters. The van der Waals surface area contributed by atoms with Crippen molar-refractivity contribution in [3.05, 3.63) is 59.2 Å². The Morgan fingerprint density at radius 3 is 2.26 bits per heavy atom. The van der Waals surface area contributed by atoms with Crippen LogP contribution in [0, 0.1) is 0 Å². The quantitative estimate of drug-likeness (QED) is 0.435. The molecule has 1 aliphatic heterocycles. The monoisotopic (exact) mass is 430 g/mol. The molecule has 3 rings (SSSR count). The Balaban J connectivity index is 2.14. The molecule has 0 aliphatic carbocycles. The van der Waals surface area contributed by atoms with Crippen molar-refractivity contribution in [1.29, 1.82) is 0 Å². The van der Waals surface area contributed by atoms with Gasteiger partial charge in [-0.05, 0) is 34.9 Å². The second kappa shape index (κ2) is 9.13. The fraction of sp³-hybridized carbons (Fsp3) is 0.364. The molecule has 1 aliphatic rings. The molecule has 0 spiro atoms. The minimum Gasteiger partial charge on any atom is -0.394 e. The van der Waals surface area contributed by atoms with Gasteiger partial charge in [-0.2, -0.15) is 0 Å². The molecule has 1 saturated heterocycles. The number of primary amides is 1. The number of carbonyl (C=O) groups excluding carboxylic acids is 2. The Labute approximate surface area is 179 Å². The molecule has 1 heterocycles. The number of ether oxygens (including phenoxy) is 1. The number of hydrogen-bond donors (Lipinski definition) is 5. The van der Waals surface area contributed by atoms with Crippen LogP contribution in [0.2, 0.25) is 0 Å². The van der Waals surface area contributed by atoms with Gasteiger partial charge in [0.25, 0.3) is 5.91 Å². The van der Waals surface area contributed by atoms with Gasteiger partial charge in [-0.25, -0.2) is 0 Å². The lowest BCUT2D eigenvalue weighted by atomic mass is 9.86. The maximum Gasteiger partial charge on any atom is 0.253 e. The maximum absolute atomic E-state index is 12.5. The molecule has 0 radical (unpaired) electrons. The van der Waals surface area contributed by atoms with Crippen LogP contribution in [-0.2, 0) is 4.74 Å². The summed E-state index contributed by atoms with van der Waals surface area (Å²) in [6, 6.07) is 11.3. The van der Waals surface area contributed by atoms with Crippen molar-refractivity contribution in [2.45, 2.75) is 30.5 Å². The maximum atomic E-state index is 12.5. The van der Waals surface area contributed by atoms with Crippen molar-refractivity contribution in [3.63, 3.8) is 0 Å². The highest BCUT2D eigenvalue weighted by Crippen LogP contribution is 2.38. The molecule has 2 amide bonds. The van der Waals surface area contributed by atoms with Gasteiger partial charge in [-0.3, -0.25) is 9.59 Å². The van der Waals surface area contributed by atoms with Crippen LogP contribution >= 0.6 is 0 Å². The first-order chi connectivity index (χ1) is 14.6. The molecule has 9 nitrogen and oxygen atoms in total. The average Bonchev–Trinajstić information content (AvgIpc) is 2.76. The average molecular weight is 430 g/mol. The van der Waals surface area contributed by atoms with E-state index in [1.165, 1.54) is 17.0 Å². The smallest absolute Gasteiger partial charge is 0.253 e.